The maximum absolute atomic E-state index is 10.7. The van der Waals surface area contributed by atoms with Crippen molar-refractivity contribution < 1.29 is 14.6 Å². The number of ether oxygens (including phenoxy) is 1. The van der Waals surface area contributed by atoms with Gasteiger partial charge in [0.15, 0.2) is 0 Å². The zero-order valence-electron chi connectivity index (χ0n) is 6.26. The Morgan fingerprint density at radius 3 is 2.70 bits per heavy atom. The molecule has 0 saturated heterocycles. The Morgan fingerprint density at radius 2 is 2.30 bits per heavy atom. The maximum atomic E-state index is 10.7. The fraction of sp³-hybridized carbons (Fsp3) is 0.571. The van der Waals surface area contributed by atoms with Gasteiger partial charge < -0.3 is 9.84 Å². The summed E-state index contributed by atoms with van der Waals surface area (Å²) in [7, 11) is 0. The van der Waals surface area contributed by atoms with Crippen molar-refractivity contribution in [2.45, 2.75) is 13.8 Å². The Balaban J connectivity index is 3.82. The normalized spacial score (nSPS) is 11.3. The molecular weight excluding hydrogens is 132 g/mol. The second-order valence-electron chi connectivity index (χ2n) is 1.79. The second-order valence-corrected chi connectivity index (χ2v) is 1.79. The Morgan fingerprint density at radius 1 is 1.70 bits per heavy atom. The quantitative estimate of drug-likeness (QED) is 0.463. The highest BCUT2D eigenvalue weighted by molar-refractivity contribution is 5.87. The fourth-order valence-electron chi connectivity index (χ4n) is 0.465. The third-order valence-electron chi connectivity index (χ3n) is 0.995. The minimum atomic E-state index is -0.364. The largest absolute Gasteiger partial charge is 0.463 e. The van der Waals surface area contributed by atoms with E-state index in [9.17, 15) is 4.79 Å². The molecule has 3 nitrogen and oxygen atoms in total. The molecule has 0 aromatic rings. The molecule has 0 heterocycles. The molecule has 0 spiro atoms. The highest BCUT2D eigenvalue weighted by Crippen LogP contribution is 1.94. The van der Waals surface area contributed by atoms with Crippen LogP contribution in [0, 0.1) is 0 Å². The van der Waals surface area contributed by atoms with E-state index in [1.165, 1.54) is 6.08 Å². The van der Waals surface area contributed by atoms with Crippen molar-refractivity contribution in [2.75, 3.05) is 13.2 Å². The van der Waals surface area contributed by atoms with Crippen molar-refractivity contribution >= 4 is 5.97 Å². The summed E-state index contributed by atoms with van der Waals surface area (Å²) in [5.41, 5.74) is 0.448. The van der Waals surface area contributed by atoms with Gasteiger partial charge in [0, 0.05) is 5.57 Å². The van der Waals surface area contributed by atoms with Gasteiger partial charge in [-0.3, -0.25) is 0 Å². The predicted molar refractivity (Wildman–Crippen MR) is 37.5 cm³/mol. The van der Waals surface area contributed by atoms with Crippen LogP contribution >= 0.6 is 0 Å². The minimum Gasteiger partial charge on any atom is -0.463 e. The third-order valence-corrected chi connectivity index (χ3v) is 0.995. The van der Waals surface area contributed by atoms with Crippen LogP contribution in [0.3, 0.4) is 0 Å². The molecule has 0 aliphatic heterocycles. The molecule has 0 amide bonds. The molecule has 10 heavy (non-hydrogen) atoms. The standard InChI is InChI=1S/C7H12O3/c1-3-10-7(9)6(2)4-5-8/h4,8H,3,5H2,1-2H3/b6-4+. The van der Waals surface area contributed by atoms with Crippen LogP contribution in [-0.2, 0) is 9.53 Å². The van der Waals surface area contributed by atoms with Gasteiger partial charge in [0.25, 0.3) is 0 Å². The van der Waals surface area contributed by atoms with Crippen molar-refractivity contribution in [3.05, 3.63) is 11.6 Å². The number of aliphatic hydroxyl groups excluding tert-OH is 1. The van der Waals surface area contributed by atoms with E-state index in [1.807, 2.05) is 0 Å². The zero-order chi connectivity index (χ0) is 7.98. The lowest BCUT2D eigenvalue weighted by Gasteiger charge is -1.99. The molecule has 0 rings (SSSR count). The van der Waals surface area contributed by atoms with E-state index in [0.717, 1.165) is 0 Å². The van der Waals surface area contributed by atoms with Crippen molar-refractivity contribution in [1.82, 2.24) is 0 Å². The summed E-state index contributed by atoms with van der Waals surface area (Å²) in [4.78, 5) is 10.7. The summed E-state index contributed by atoms with van der Waals surface area (Å²) in [6.07, 6.45) is 1.41. The summed E-state index contributed by atoms with van der Waals surface area (Å²) in [6, 6.07) is 0. The van der Waals surface area contributed by atoms with Crippen LogP contribution in [0.2, 0.25) is 0 Å². The number of rotatable bonds is 3. The first-order valence-corrected chi connectivity index (χ1v) is 3.17. The Bertz CT molecular complexity index is 138. The van der Waals surface area contributed by atoms with Gasteiger partial charge in [-0.05, 0) is 19.9 Å². The molecule has 0 bridgehead atoms. The summed E-state index contributed by atoms with van der Waals surface area (Å²) < 4.78 is 4.64. The van der Waals surface area contributed by atoms with E-state index in [4.69, 9.17) is 5.11 Å². The number of carbonyl (C=O) groups is 1. The Labute approximate surface area is 60.3 Å². The molecule has 58 valence electrons. The molecule has 0 fully saturated rings. The van der Waals surface area contributed by atoms with Crippen molar-refractivity contribution in [3.63, 3.8) is 0 Å². The first-order chi connectivity index (χ1) is 4.72. The van der Waals surface area contributed by atoms with Crippen LogP contribution in [0.25, 0.3) is 0 Å². The fourth-order valence-corrected chi connectivity index (χ4v) is 0.465. The molecule has 3 heteroatoms. The van der Waals surface area contributed by atoms with Gasteiger partial charge in [-0.2, -0.15) is 0 Å². The smallest absolute Gasteiger partial charge is 0.333 e. The summed E-state index contributed by atoms with van der Waals surface area (Å²) >= 11 is 0. The molecule has 1 N–H and O–H groups in total. The number of hydrogen-bond acceptors (Lipinski definition) is 3. The Hall–Kier alpha value is -0.830. The van der Waals surface area contributed by atoms with Crippen LogP contribution in [0.4, 0.5) is 0 Å². The van der Waals surface area contributed by atoms with E-state index in [-0.39, 0.29) is 12.6 Å². The highest BCUT2D eigenvalue weighted by Gasteiger charge is 2.01. The number of esters is 1. The highest BCUT2D eigenvalue weighted by atomic mass is 16.5. The lowest BCUT2D eigenvalue weighted by atomic mass is 10.3. The van der Waals surface area contributed by atoms with E-state index >= 15 is 0 Å². The topological polar surface area (TPSA) is 46.5 Å². The molecule has 0 aromatic heterocycles. The molecule has 0 radical (unpaired) electrons. The average Bonchev–Trinajstić information content (AvgIpc) is 1.89. The molecule has 0 aliphatic carbocycles. The van der Waals surface area contributed by atoms with Gasteiger partial charge in [-0.1, -0.05) is 0 Å². The van der Waals surface area contributed by atoms with Gasteiger partial charge in [0.1, 0.15) is 0 Å². The SMILES string of the molecule is CCOC(=O)/C(C)=C/CO. The van der Waals surface area contributed by atoms with Gasteiger partial charge >= 0.3 is 5.97 Å². The van der Waals surface area contributed by atoms with Crippen LogP contribution in [0.1, 0.15) is 13.8 Å². The lowest BCUT2D eigenvalue weighted by Crippen LogP contribution is -2.05. The first-order valence-electron chi connectivity index (χ1n) is 3.17. The van der Waals surface area contributed by atoms with Crippen LogP contribution in [0.15, 0.2) is 11.6 Å². The first kappa shape index (κ1) is 9.17. The van der Waals surface area contributed by atoms with Crippen molar-refractivity contribution in [1.29, 1.82) is 0 Å². The minimum absolute atomic E-state index is 0.120. The molecule has 0 atom stereocenters. The number of hydrogen-bond donors (Lipinski definition) is 1. The predicted octanol–water partition coefficient (Wildman–Crippen LogP) is 0.488. The van der Waals surface area contributed by atoms with E-state index < -0.39 is 0 Å². The van der Waals surface area contributed by atoms with Gasteiger partial charge in [0.05, 0.1) is 13.2 Å². The van der Waals surface area contributed by atoms with Crippen LogP contribution < -0.4 is 0 Å². The Kier molecular flexibility index (Phi) is 4.58. The molecule has 0 aliphatic rings. The van der Waals surface area contributed by atoms with Crippen LogP contribution in [-0.4, -0.2) is 24.3 Å². The molecule has 0 unspecified atom stereocenters. The lowest BCUT2D eigenvalue weighted by molar-refractivity contribution is -0.138. The number of aliphatic hydroxyl groups is 1. The maximum Gasteiger partial charge on any atom is 0.333 e. The molecular formula is C7H12O3. The summed E-state index contributed by atoms with van der Waals surface area (Å²) in [5.74, 6) is -0.364. The monoisotopic (exact) mass is 144 g/mol. The molecule has 0 aromatic carbocycles. The molecule has 0 saturated carbocycles. The van der Waals surface area contributed by atoms with Crippen LogP contribution in [0.5, 0.6) is 0 Å². The van der Waals surface area contributed by atoms with Gasteiger partial charge in [0.2, 0.25) is 0 Å². The summed E-state index contributed by atoms with van der Waals surface area (Å²) in [5, 5.41) is 8.37. The third kappa shape index (κ3) is 3.25. The van der Waals surface area contributed by atoms with Gasteiger partial charge in [-0.25, -0.2) is 4.79 Å². The van der Waals surface area contributed by atoms with Gasteiger partial charge in [-0.15, -0.1) is 0 Å². The van der Waals surface area contributed by atoms with E-state index in [2.05, 4.69) is 4.74 Å². The van der Waals surface area contributed by atoms with Crippen molar-refractivity contribution in [3.8, 4) is 0 Å². The zero-order valence-corrected chi connectivity index (χ0v) is 6.26. The number of carbonyl (C=O) groups excluding carboxylic acids is 1. The summed E-state index contributed by atoms with van der Waals surface area (Å²) in [6.45, 7) is 3.60. The van der Waals surface area contributed by atoms with Crippen molar-refractivity contribution in [2.24, 2.45) is 0 Å². The second kappa shape index (κ2) is 4.99. The average molecular weight is 144 g/mol. The van der Waals surface area contributed by atoms with E-state index in [0.29, 0.717) is 12.2 Å². The van der Waals surface area contributed by atoms with E-state index in [1.54, 1.807) is 13.8 Å².